The number of hydrogen-bond donors (Lipinski definition) is 4. The molecule has 1 aliphatic rings. The molecule has 1 aliphatic heterocycles. The SMILES string of the molecule is CCCCS(=O)(=O)N[C@@H](Cc1nn(CCc2ccc3c(n2)NCCC3)cc1C(N)=O)C(=O)O. The first-order valence-corrected chi connectivity index (χ1v) is 12.7. The van der Waals surface area contributed by atoms with Crippen molar-refractivity contribution < 1.29 is 23.1 Å². The van der Waals surface area contributed by atoms with E-state index < -0.39 is 27.9 Å². The van der Waals surface area contributed by atoms with Crippen LogP contribution in [0.2, 0.25) is 0 Å². The van der Waals surface area contributed by atoms with Crippen LogP contribution in [0.3, 0.4) is 0 Å². The zero-order valence-electron chi connectivity index (χ0n) is 18.6. The number of carbonyl (C=O) groups is 2. The van der Waals surface area contributed by atoms with Crippen LogP contribution in [0.25, 0.3) is 0 Å². The van der Waals surface area contributed by atoms with E-state index in [9.17, 15) is 23.1 Å². The molecule has 0 saturated carbocycles. The standard InChI is InChI=1S/C21H30N6O5S/c1-2-3-11-33(31,32)26-18(21(29)30)12-17-16(19(22)28)13-27(25-17)10-8-15-7-6-14-5-4-9-23-20(14)24-15/h6-7,13,18,26H,2-5,8-12H2,1H3,(H2,22,28)(H,23,24)(H,29,30)/t18-/m0/s1. The normalized spacial score (nSPS) is 14.3. The maximum atomic E-state index is 12.2. The molecule has 0 spiro atoms. The van der Waals surface area contributed by atoms with Gasteiger partial charge in [-0.2, -0.15) is 5.10 Å². The minimum atomic E-state index is -3.78. The summed E-state index contributed by atoms with van der Waals surface area (Å²) >= 11 is 0. The van der Waals surface area contributed by atoms with Crippen molar-refractivity contribution in [2.75, 3.05) is 17.6 Å². The summed E-state index contributed by atoms with van der Waals surface area (Å²) in [7, 11) is -3.78. The zero-order valence-corrected chi connectivity index (χ0v) is 19.4. The van der Waals surface area contributed by atoms with Crippen LogP contribution in [0.5, 0.6) is 0 Å². The Labute approximate surface area is 192 Å². The second-order valence-electron chi connectivity index (χ2n) is 8.09. The molecule has 0 saturated heterocycles. The highest BCUT2D eigenvalue weighted by molar-refractivity contribution is 7.89. The van der Waals surface area contributed by atoms with Gasteiger partial charge in [-0.05, 0) is 30.9 Å². The number of aromatic nitrogens is 3. The quantitative estimate of drug-likeness (QED) is 0.345. The topological polar surface area (TPSA) is 169 Å². The van der Waals surface area contributed by atoms with Crippen LogP contribution in [-0.2, 0) is 40.6 Å². The molecule has 2 aromatic heterocycles. The average molecular weight is 479 g/mol. The van der Waals surface area contributed by atoms with Crippen molar-refractivity contribution in [3.63, 3.8) is 0 Å². The number of carbonyl (C=O) groups excluding carboxylic acids is 1. The molecule has 12 heteroatoms. The Hall–Kier alpha value is -2.99. The van der Waals surface area contributed by atoms with Gasteiger partial charge in [0.15, 0.2) is 0 Å². The fourth-order valence-corrected chi connectivity index (χ4v) is 5.06. The lowest BCUT2D eigenvalue weighted by Crippen LogP contribution is -2.43. The Morgan fingerprint density at radius 3 is 2.85 bits per heavy atom. The van der Waals surface area contributed by atoms with Gasteiger partial charge < -0.3 is 16.2 Å². The molecule has 1 amide bonds. The monoisotopic (exact) mass is 478 g/mol. The van der Waals surface area contributed by atoms with E-state index in [1.54, 1.807) is 0 Å². The van der Waals surface area contributed by atoms with E-state index >= 15 is 0 Å². The van der Waals surface area contributed by atoms with Crippen molar-refractivity contribution in [3.8, 4) is 0 Å². The first-order valence-electron chi connectivity index (χ1n) is 11.0. The summed E-state index contributed by atoms with van der Waals surface area (Å²) in [5, 5.41) is 17.1. The number of hydrogen-bond acceptors (Lipinski definition) is 7. The van der Waals surface area contributed by atoms with Crippen molar-refractivity contribution in [3.05, 3.63) is 40.8 Å². The van der Waals surface area contributed by atoms with Crippen LogP contribution in [0.1, 0.15) is 53.5 Å². The molecule has 0 aromatic carbocycles. The number of nitrogens with one attached hydrogen (secondary N) is 2. The summed E-state index contributed by atoms with van der Waals surface area (Å²) < 4.78 is 28.1. The van der Waals surface area contributed by atoms with Crippen LogP contribution in [0.15, 0.2) is 18.3 Å². The lowest BCUT2D eigenvalue weighted by atomic mass is 10.1. The molecule has 2 aromatic rings. The number of primary amides is 1. The van der Waals surface area contributed by atoms with Gasteiger partial charge in [0.2, 0.25) is 10.0 Å². The van der Waals surface area contributed by atoms with Gasteiger partial charge in [-0.25, -0.2) is 18.1 Å². The van der Waals surface area contributed by atoms with Crippen molar-refractivity contribution >= 4 is 27.7 Å². The van der Waals surface area contributed by atoms with Crippen molar-refractivity contribution in [2.24, 2.45) is 5.73 Å². The summed E-state index contributed by atoms with van der Waals surface area (Å²) in [6.45, 7) is 3.12. The van der Waals surface area contributed by atoms with Gasteiger partial charge >= 0.3 is 5.97 Å². The van der Waals surface area contributed by atoms with Gasteiger partial charge in [0.25, 0.3) is 5.91 Å². The second-order valence-corrected chi connectivity index (χ2v) is 9.97. The number of carboxylic acid groups (broad SMARTS) is 1. The number of aryl methyl sites for hydroxylation is 3. The molecule has 180 valence electrons. The average Bonchev–Trinajstić information content (AvgIpc) is 3.18. The number of anilines is 1. The number of carboxylic acids is 1. The van der Waals surface area contributed by atoms with Gasteiger partial charge in [-0.3, -0.25) is 14.3 Å². The first-order chi connectivity index (χ1) is 15.7. The highest BCUT2D eigenvalue weighted by Crippen LogP contribution is 2.20. The van der Waals surface area contributed by atoms with Gasteiger partial charge in [-0.15, -0.1) is 0 Å². The van der Waals surface area contributed by atoms with Crippen LogP contribution in [0, 0.1) is 0 Å². The lowest BCUT2D eigenvalue weighted by molar-refractivity contribution is -0.138. The van der Waals surface area contributed by atoms with Gasteiger partial charge in [0, 0.05) is 37.8 Å². The lowest BCUT2D eigenvalue weighted by Gasteiger charge is -2.17. The number of unbranched alkanes of at least 4 members (excludes halogenated alkanes) is 1. The highest BCUT2D eigenvalue weighted by Gasteiger charge is 2.27. The molecule has 0 fully saturated rings. The van der Waals surface area contributed by atoms with Gasteiger partial charge in [0.05, 0.1) is 17.0 Å². The van der Waals surface area contributed by atoms with E-state index in [1.807, 2.05) is 13.0 Å². The maximum Gasteiger partial charge on any atom is 0.322 e. The minimum Gasteiger partial charge on any atom is -0.480 e. The largest absolute Gasteiger partial charge is 0.480 e. The summed E-state index contributed by atoms with van der Waals surface area (Å²) in [6.07, 6.45) is 4.84. The Bertz CT molecular complexity index is 1110. The molecule has 3 rings (SSSR count). The number of nitrogens with zero attached hydrogens (tertiary/aromatic N) is 3. The molecule has 11 nitrogen and oxygen atoms in total. The van der Waals surface area contributed by atoms with Crippen LogP contribution in [0.4, 0.5) is 5.82 Å². The number of amides is 1. The smallest absolute Gasteiger partial charge is 0.322 e. The molecule has 0 radical (unpaired) electrons. The number of sulfonamides is 1. The van der Waals surface area contributed by atoms with E-state index in [1.165, 1.54) is 16.4 Å². The molecular weight excluding hydrogens is 448 g/mol. The van der Waals surface area contributed by atoms with E-state index in [4.69, 9.17) is 5.73 Å². The Morgan fingerprint density at radius 1 is 1.36 bits per heavy atom. The third kappa shape index (κ3) is 6.75. The summed E-state index contributed by atoms with van der Waals surface area (Å²) in [6, 6.07) is 2.55. The third-order valence-corrected chi connectivity index (χ3v) is 6.91. The molecule has 33 heavy (non-hydrogen) atoms. The third-order valence-electron chi connectivity index (χ3n) is 5.44. The maximum absolute atomic E-state index is 12.2. The summed E-state index contributed by atoms with van der Waals surface area (Å²) in [4.78, 5) is 28.2. The van der Waals surface area contributed by atoms with Crippen molar-refractivity contribution in [1.29, 1.82) is 0 Å². The second kappa shape index (κ2) is 10.8. The molecule has 5 N–H and O–H groups in total. The Balaban J connectivity index is 1.73. The molecule has 0 unspecified atom stereocenters. The van der Waals surface area contributed by atoms with Crippen LogP contribution < -0.4 is 15.8 Å². The Morgan fingerprint density at radius 2 is 2.15 bits per heavy atom. The summed E-state index contributed by atoms with van der Waals surface area (Å²) in [5.74, 6) is -1.40. The molecule has 3 heterocycles. The summed E-state index contributed by atoms with van der Waals surface area (Å²) in [5.41, 5.74) is 7.69. The zero-order chi connectivity index (χ0) is 24.0. The Kier molecular flexibility index (Phi) is 8.03. The van der Waals surface area contributed by atoms with Gasteiger partial charge in [0.1, 0.15) is 11.9 Å². The predicted octanol–water partition coefficient (Wildman–Crippen LogP) is 0.693. The highest BCUT2D eigenvalue weighted by atomic mass is 32.2. The molecule has 0 bridgehead atoms. The van der Waals surface area contributed by atoms with Crippen LogP contribution in [-0.4, -0.2) is 58.5 Å². The first kappa shape index (κ1) is 24.6. The molecular formula is C21H30N6O5S. The van der Waals surface area contributed by atoms with Crippen LogP contribution >= 0.6 is 0 Å². The number of aliphatic carboxylic acids is 1. The number of rotatable bonds is 12. The fourth-order valence-electron chi connectivity index (χ4n) is 3.65. The van der Waals surface area contributed by atoms with Gasteiger partial charge in [-0.1, -0.05) is 19.4 Å². The van der Waals surface area contributed by atoms with Crippen molar-refractivity contribution in [2.45, 2.75) is 58.0 Å². The minimum absolute atomic E-state index is 0.0640. The number of pyridine rings is 1. The van der Waals surface area contributed by atoms with E-state index in [-0.39, 0.29) is 23.4 Å². The van der Waals surface area contributed by atoms with Crippen molar-refractivity contribution in [1.82, 2.24) is 19.5 Å². The van der Waals surface area contributed by atoms with E-state index in [0.717, 1.165) is 30.9 Å². The molecule has 0 aliphatic carbocycles. The fraction of sp³-hybridized carbons (Fsp3) is 0.524. The van der Waals surface area contributed by atoms with E-state index in [0.29, 0.717) is 25.8 Å². The molecule has 1 atom stereocenters. The number of fused-ring (bicyclic) bond motifs is 1. The number of nitrogens with two attached hydrogens (primary N) is 1. The van der Waals surface area contributed by atoms with E-state index in [2.05, 4.69) is 26.2 Å². The predicted molar refractivity (Wildman–Crippen MR) is 122 cm³/mol.